The van der Waals surface area contributed by atoms with Gasteiger partial charge in [0, 0.05) is 24.0 Å². The van der Waals surface area contributed by atoms with Gasteiger partial charge in [-0.15, -0.1) is 0 Å². The molecule has 0 aliphatic rings. The second-order valence-corrected chi connectivity index (χ2v) is 5.00. The summed E-state index contributed by atoms with van der Waals surface area (Å²) in [5.41, 5.74) is 0.858. The number of aromatic nitrogens is 3. The van der Waals surface area contributed by atoms with Gasteiger partial charge in [0.25, 0.3) is 5.56 Å². The van der Waals surface area contributed by atoms with Gasteiger partial charge >= 0.3 is 11.6 Å². The Kier molecular flexibility index (Phi) is 4.19. The molecular formula is C16H14N4O4. The zero-order chi connectivity index (χ0) is 17.1. The zero-order valence-corrected chi connectivity index (χ0v) is 13.1. The van der Waals surface area contributed by atoms with E-state index in [2.05, 4.69) is 20.1 Å². The Bertz CT molecular complexity index is 1020. The highest BCUT2D eigenvalue weighted by Gasteiger charge is 2.12. The Morgan fingerprint density at radius 2 is 2.08 bits per heavy atom. The van der Waals surface area contributed by atoms with E-state index in [1.54, 1.807) is 31.5 Å². The SMILES string of the molecule is CCc1cc(=O)oc2nc(O/N=C(\C)c3ccncc3)[nH]c(=O)c12. The van der Waals surface area contributed by atoms with Crippen LogP contribution in [-0.4, -0.2) is 20.7 Å². The molecule has 0 aliphatic carbocycles. The topological polar surface area (TPSA) is 110 Å². The van der Waals surface area contributed by atoms with E-state index in [4.69, 9.17) is 9.25 Å². The number of fused-ring (bicyclic) bond motifs is 1. The summed E-state index contributed by atoms with van der Waals surface area (Å²) < 4.78 is 4.99. The maximum atomic E-state index is 12.2. The molecule has 122 valence electrons. The largest absolute Gasteiger partial charge is 0.403 e. The van der Waals surface area contributed by atoms with E-state index in [-0.39, 0.29) is 17.1 Å². The Morgan fingerprint density at radius 3 is 2.79 bits per heavy atom. The highest BCUT2D eigenvalue weighted by atomic mass is 16.6. The fraction of sp³-hybridized carbons (Fsp3) is 0.188. The normalized spacial score (nSPS) is 11.7. The maximum Gasteiger partial charge on any atom is 0.337 e. The fourth-order valence-electron chi connectivity index (χ4n) is 2.21. The number of rotatable bonds is 4. The third kappa shape index (κ3) is 3.07. The molecule has 3 heterocycles. The van der Waals surface area contributed by atoms with E-state index in [0.717, 1.165) is 5.56 Å². The molecule has 3 aromatic heterocycles. The number of aromatic amines is 1. The van der Waals surface area contributed by atoms with Crippen molar-refractivity contribution in [3.63, 3.8) is 0 Å². The summed E-state index contributed by atoms with van der Waals surface area (Å²) in [6, 6.07) is 4.67. The highest BCUT2D eigenvalue weighted by Crippen LogP contribution is 2.13. The quantitative estimate of drug-likeness (QED) is 0.576. The van der Waals surface area contributed by atoms with Crippen LogP contribution < -0.4 is 16.0 Å². The van der Waals surface area contributed by atoms with Crippen molar-refractivity contribution >= 4 is 16.8 Å². The lowest BCUT2D eigenvalue weighted by Crippen LogP contribution is -2.14. The van der Waals surface area contributed by atoms with Gasteiger partial charge in [0.15, 0.2) is 0 Å². The Labute approximate surface area is 135 Å². The number of pyridine rings is 1. The molecular weight excluding hydrogens is 312 g/mol. The molecule has 0 aromatic carbocycles. The first-order chi connectivity index (χ1) is 11.6. The summed E-state index contributed by atoms with van der Waals surface area (Å²) in [7, 11) is 0. The Hall–Kier alpha value is -3.29. The summed E-state index contributed by atoms with van der Waals surface area (Å²) in [4.78, 5) is 39.3. The van der Waals surface area contributed by atoms with Gasteiger partial charge in [-0.1, -0.05) is 12.1 Å². The molecule has 8 nitrogen and oxygen atoms in total. The maximum absolute atomic E-state index is 12.2. The van der Waals surface area contributed by atoms with Crippen LogP contribution in [0.3, 0.4) is 0 Å². The molecule has 0 fully saturated rings. The predicted molar refractivity (Wildman–Crippen MR) is 87.4 cm³/mol. The number of nitrogens with one attached hydrogen (secondary N) is 1. The van der Waals surface area contributed by atoms with Crippen LogP contribution in [0.1, 0.15) is 25.0 Å². The lowest BCUT2D eigenvalue weighted by molar-refractivity contribution is 0.311. The molecule has 0 amide bonds. The summed E-state index contributed by atoms with van der Waals surface area (Å²) in [6.45, 7) is 3.57. The van der Waals surface area contributed by atoms with Crippen LogP contribution >= 0.6 is 0 Å². The molecule has 0 atom stereocenters. The van der Waals surface area contributed by atoms with Crippen LogP contribution in [0.25, 0.3) is 11.1 Å². The monoisotopic (exact) mass is 326 g/mol. The molecule has 0 saturated carbocycles. The van der Waals surface area contributed by atoms with Crippen LogP contribution in [-0.2, 0) is 6.42 Å². The Balaban J connectivity index is 2.00. The first kappa shape index (κ1) is 15.6. The smallest absolute Gasteiger partial charge is 0.337 e. The highest BCUT2D eigenvalue weighted by molar-refractivity contribution is 5.98. The minimum atomic E-state index is -0.570. The lowest BCUT2D eigenvalue weighted by Gasteiger charge is -2.03. The summed E-state index contributed by atoms with van der Waals surface area (Å²) in [5.74, 6) is 0. The Morgan fingerprint density at radius 1 is 1.33 bits per heavy atom. The third-order valence-corrected chi connectivity index (χ3v) is 3.42. The van der Waals surface area contributed by atoms with E-state index in [0.29, 0.717) is 17.7 Å². The number of oxime groups is 1. The zero-order valence-electron chi connectivity index (χ0n) is 13.1. The van der Waals surface area contributed by atoms with Gasteiger partial charge in [-0.3, -0.25) is 14.8 Å². The van der Waals surface area contributed by atoms with Crippen molar-refractivity contribution in [1.29, 1.82) is 0 Å². The van der Waals surface area contributed by atoms with Gasteiger partial charge in [0.2, 0.25) is 5.71 Å². The van der Waals surface area contributed by atoms with Crippen molar-refractivity contribution in [2.24, 2.45) is 5.16 Å². The standard InChI is InChI=1S/C16H14N4O4/c1-3-10-8-12(21)23-15-13(10)14(22)18-16(19-15)24-20-9(2)11-4-6-17-7-5-11/h4-8H,3H2,1-2H3,(H,18,19,22)/b20-9+. The van der Waals surface area contributed by atoms with Crippen molar-refractivity contribution < 1.29 is 9.25 Å². The molecule has 24 heavy (non-hydrogen) atoms. The first-order valence-electron chi connectivity index (χ1n) is 7.27. The first-order valence-corrected chi connectivity index (χ1v) is 7.27. The van der Waals surface area contributed by atoms with Crippen LogP contribution in [0.4, 0.5) is 0 Å². The minimum absolute atomic E-state index is 0.0742. The number of H-pyrrole nitrogens is 1. The summed E-state index contributed by atoms with van der Waals surface area (Å²) in [6.07, 6.45) is 3.77. The molecule has 0 bridgehead atoms. The van der Waals surface area contributed by atoms with Crippen LogP contribution in [0.5, 0.6) is 6.01 Å². The molecule has 3 aromatic rings. The van der Waals surface area contributed by atoms with Gasteiger partial charge in [0.05, 0.1) is 5.71 Å². The fourth-order valence-corrected chi connectivity index (χ4v) is 2.21. The van der Waals surface area contributed by atoms with Gasteiger partial charge in [-0.25, -0.2) is 4.79 Å². The average molecular weight is 326 g/mol. The second kappa shape index (κ2) is 6.45. The average Bonchev–Trinajstić information content (AvgIpc) is 2.59. The van der Waals surface area contributed by atoms with Crippen LogP contribution in [0, 0.1) is 0 Å². The number of nitrogens with zero attached hydrogens (tertiary/aromatic N) is 3. The molecule has 0 aliphatic heterocycles. The molecule has 1 N–H and O–H groups in total. The molecule has 0 radical (unpaired) electrons. The molecule has 8 heteroatoms. The van der Waals surface area contributed by atoms with E-state index in [9.17, 15) is 9.59 Å². The van der Waals surface area contributed by atoms with Gasteiger partial charge in [0.1, 0.15) is 5.39 Å². The predicted octanol–water partition coefficient (Wildman–Crippen LogP) is 1.64. The number of hydrogen-bond acceptors (Lipinski definition) is 7. The number of hydrogen-bond donors (Lipinski definition) is 1. The van der Waals surface area contributed by atoms with Crippen LogP contribution in [0.2, 0.25) is 0 Å². The molecule has 0 saturated heterocycles. The van der Waals surface area contributed by atoms with E-state index in [1.807, 2.05) is 6.92 Å². The molecule has 0 unspecified atom stereocenters. The van der Waals surface area contributed by atoms with Crippen molar-refractivity contribution in [3.8, 4) is 6.01 Å². The van der Waals surface area contributed by atoms with Gasteiger partial charge in [-0.05, 0) is 31.0 Å². The summed E-state index contributed by atoms with van der Waals surface area (Å²) >= 11 is 0. The third-order valence-electron chi connectivity index (χ3n) is 3.42. The van der Waals surface area contributed by atoms with E-state index in [1.165, 1.54) is 6.07 Å². The minimum Gasteiger partial charge on any atom is -0.403 e. The van der Waals surface area contributed by atoms with Crippen molar-refractivity contribution in [2.75, 3.05) is 0 Å². The van der Waals surface area contributed by atoms with E-state index >= 15 is 0 Å². The number of aryl methyl sites for hydroxylation is 1. The van der Waals surface area contributed by atoms with Crippen molar-refractivity contribution in [2.45, 2.75) is 20.3 Å². The lowest BCUT2D eigenvalue weighted by atomic mass is 10.1. The summed E-state index contributed by atoms with van der Waals surface area (Å²) in [5, 5.41) is 4.15. The van der Waals surface area contributed by atoms with Gasteiger partial charge in [-0.2, -0.15) is 4.98 Å². The van der Waals surface area contributed by atoms with E-state index < -0.39 is 11.2 Å². The second-order valence-electron chi connectivity index (χ2n) is 5.00. The van der Waals surface area contributed by atoms with Gasteiger partial charge < -0.3 is 9.25 Å². The molecule has 0 spiro atoms. The van der Waals surface area contributed by atoms with Crippen LogP contribution in [0.15, 0.2) is 49.8 Å². The molecule has 3 rings (SSSR count). The van der Waals surface area contributed by atoms with Crippen molar-refractivity contribution in [3.05, 3.63) is 62.5 Å². The van der Waals surface area contributed by atoms with Crippen molar-refractivity contribution in [1.82, 2.24) is 15.0 Å².